The van der Waals surface area contributed by atoms with Gasteiger partial charge < -0.3 is 0 Å². The Morgan fingerprint density at radius 2 is 1.88 bits per heavy atom. The van der Waals surface area contributed by atoms with Crippen LogP contribution in [0.5, 0.6) is 0 Å². The number of hydrogen-bond donors (Lipinski definition) is 1. The summed E-state index contributed by atoms with van der Waals surface area (Å²) in [6.45, 7) is 1.95. The standard InChI is InChI=1S/C29H37GeN2O7P/c1-6-29(35)23-16-25-26-21(17-32(25)27(33)22(23)18-39-28(29)34)19(20-10-7-8-11-24(20)31-26)12-14-30(2,3)13-9-15-40(36,37-4)38-5/h7-8,10-11,16,35H,6,9,12-15,17-18H2,1-5H3/t29-/m0/s1. The van der Waals surface area contributed by atoms with E-state index in [1.807, 2.05) is 18.2 Å². The molecule has 2 aromatic heterocycles. The molecule has 0 unspecified atom stereocenters. The van der Waals surface area contributed by atoms with Crippen molar-refractivity contribution in [1.82, 2.24) is 9.55 Å². The van der Waals surface area contributed by atoms with Crippen LogP contribution in [0.4, 0.5) is 0 Å². The number of esters is 1. The fourth-order valence-corrected chi connectivity index (χ4v) is 12.5. The zero-order valence-electron chi connectivity index (χ0n) is 23.8. The normalized spacial score (nSPS) is 18.4. The molecular weight excluding hydrogens is 592 g/mol. The molecule has 0 aliphatic carbocycles. The predicted octanol–water partition coefficient (Wildman–Crippen LogP) is 5.21. The second-order valence-electron chi connectivity index (χ2n) is 11.5. The van der Waals surface area contributed by atoms with Crippen LogP contribution in [0.25, 0.3) is 22.3 Å². The van der Waals surface area contributed by atoms with Gasteiger partial charge in [-0.3, -0.25) is 0 Å². The Hall–Kier alpha value is -2.30. The van der Waals surface area contributed by atoms with Crippen LogP contribution in [0.15, 0.2) is 35.1 Å². The molecule has 5 rings (SSSR count). The van der Waals surface area contributed by atoms with Gasteiger partial charge in [0, 0.05) is 0 Å². The van der Waals surface area contributed by atoms with Gasteiger partial charge in [0.1, 0.15) is 0 Å². The third-order valence-electron chi connectivity index (χ3n) is 8.61. The monoisotopic (exact) mass is 630 g/mol. The van der Waals surface area contributed by atoms with E-state index in [9.17, 15) is 19.3 Å². The summed E-state index contributed by atoms with van der Waals surface area (Å²) in [4.78, 5) is 31.2. The first-order chi connectivity index (χ1) is 19.0. The number of fused-ring (bicyclic) bond motifs is 5. The first-order valence-electron chi connectivity index (χ1n) is 13.7. The van der Waals surface area contributed by atoms with E-state index in [2.05, 4.69) is 17.6 Å². The molecule has 0 spiro atoms. The summed E-state index contributed by atoms with van der Waals surface area (Å²) in [7, 11) is -0.149. The van der Waals surface area contributed by atoms with Crippen molar-refractivity contribution in [2.75, 3.05) is 20.4 Å². The van der Waals surface area contributed by atoms with Gasteiger partial charge >= 0.3 is 237 Å². The second kappa shape index (κ2) is 10.8. The summed E-state index contributed by atoms with van der Waals surface area (Å²) in [6.07, 6.45) is 2.18. The van der Waals surface area contributed by atoms with E-state index in [-0.39, 0.29) is 18.6 Å². The molecule has 1 N–H and O–H groups in total. The van der Waals surface area contributed by atoms with Crippen LogP contribution in [0, 0.1) is 0 Å². The van der Waals surface area contributed by atoms with E-state index >= 15 is 0 Å². The van der Waals surface area contributed by atoms with Crippen LogP contribution >= 0.6 is 7.60 Å². The van der Waals surface area contributed by atoms with Crippen molar-refractivity contribution in [3.8, 4) is 11.4 Å². The number of aromatic nitrogens is 2. The molecular formula is C29H37GeN2O7P. The number of pyridine rings is 2. The SMILES string of the molecule is CC[C@@]1(O)C(=O)OCc2c1cc1n(c2=O)Cc2c-1nc1ccccc1c2C[CH2][Ge]([CH3])([CH3])[CH2]CCP(=O)(OC)OC. The van der Waals surface area contributed by atoms with Gasteiger partial charge in [-0.1, -0.05) is 0 Å². The van der Waals surface area contributed by atoms with E-state index in [0.717, 1.165) is 45.5 Å². The molecule has 2 aliphatic heterocycles. The molecule has 40 heavy (non-hydrogen) atoms. The van der Waals surface area contributed by atoms with Crippen molar-refractivity contribution >= 4 is 37.7 Å². The molecule has 0 fully saturated rings. The Morgan fingerprint density at radius 3 is 2.58 bits per heavy atom. The van der Waals surface area contributed by atoms with Crippen molar-refractivity contribution in [2.45, 2.75) is 67.0 Å². The Kier molecular flexibility index (Phi) is 7.91. The molecule has 0 amide bonds. The van der Waals surface area contributed by atoms with Crippen molar-refractivity contribution in [3.63, 3.8) is 0 Å². The zero-order valence-corrected chi connectivity index (χ0v) is 26.8. The number of rotatable bonds is 10. The van der Waals surface area contributed by atoms with Gasteiger partial charge in [-0.05, 0) is 0 Å². The maximum absolute atomic E-state index is 13.7. The Balaban J connectivity index is 1.52. The molecule has 2 aliphatic rings. The van der Waals surface area contributed by atoms with E-state index in [4.69, 9.17) is 18.8 Å². The van der Waals surface area contributed by atoms with Gasteiger partial charge in [-0.25, -0.2) is 0 Å². The number of aryl methyl sites for hydroxylation is 1. The Morgan fingerprint density at radius 1 is 1.15 bits per heavy atom. The zero-order chi connectivity index (χ0) is 28.9. The van der Waals surface area contributed by atoms with Crippen molar-refractivity contribution < 1.29 is 28.3 Å². The molecule has 0 saturated heterocycles. The molecule has 11 heteroatoms. The number of para-hydroxylation sites is 1. The summed E-state index contributed by atoms with van der Waals surface area (Å²) in [5, 5.41) is 14.4. The number of cyclic esters (lactones) is 1. The minimum absolute atomic E-state index is 0.108. The first-order valence-corrected chi connectivity index (χ1v) is 22.6. The van der Waals surface area contributed by atoms with Gasteiger partial charge in [0.15, 0.2) is 0 Å². The third kappa shape index (κ3) is 5.00. The topological polar surface area (TPSA) is 117 Å². The van der Waals surface area contributed by atoms with Crippen LogP contribution in [0.3, 0.4) is 0 Å². The number of carbonyl (C=O) groups is 1. The molecule has 3 aromatic rings. The summed E-state index contributed by atoms with van der Waals surface area (Å²) in [6, 6.07) is 9.81. The Labute approximate surface area is 236 Å². The average Bonchev–Trinajstić information content (AvgIpc) is 3.31. The number of hydrogen-bond acceptors (Lipinski definition) is 8. The number of nitrogens with zero attached hydrogens (tertiary/aromatic N) is 2. The summed E-state index contributed by atoms with van der Waals surface area (Å²) >= 11 is -2.26. The van der Waals surface area contributed by atoms with Crippen LogP contribution in [-0.4, -0.2) is 54.3 Å². The van der Waals surface area contributed by atoms with E-state index in [0.29, 0.717) is 29.5 Å². The molecule has 0 saturated carbocycles. The minimum atomic E-state index is -3.01. The molecule has 9 nitrogen and oxygen atoms in total. The summed E-state index contributed by atoms with van der Waals surface area (Å²) in [5.74, 6) is 4.06. The Bertz CT molecular complexity index is 1590. The van der Waals surface area contributed by atoms with E-state index < -0.39 is 32.4 Å². The second-order valence-corrected chi connectivity index (χ2v) is 25.1. The third-order valence-corrected chi connectivity index (χ3v) is 17.5. The number of carbonyl (C=O) groups excluding carboxylic acids is 1. The van der Waals surface area contributed by atoms with Gasteiger partial charge in [0.2, 0.25) is 0 Å². The summed E-state index contributed by atoms with van der Waals surface area (Å²) < 4.78 is 29.6. The van der Waals surface area contributed by atoms with Crippen molar-refractivity contribution in [3.05, 3.63) is 62.9 Å². The maximum atomic E-state index is 13.7. The molecule has 0 bridgehead atoms. The first kappa shape index (κ1) is 29.2. The average molecular weight is 629 g/mol. The van der Waals surface area contributed by atoms with Crippen LogP contribution in [-0.2, 0) is 48.3 Å². The van der Waals surface area contributed by atoms with Crippen LogP contribution < -0.4 is 5.56 Å². The fourth-order valence-electron chi connectivity index (χ4n) is 6.00. The number of aliphatic hydroxyl groups is 1. The van der Waals surface area contributed by atoms with Crippen LogP contribution in [0.2, 0.25) is 22.0 Å². The predicted molar refractivity (Wildman–Crippen MR) is 156 cm³/mol. The summed E-state index contributed by atoms with van der Waals surface area (Å²) in [5.41, 5.74) is 2.98. The molecule has 0 radical (unpaired) electrons. The van der Waals surface area contributed by atoms with E-state index in [1.165, 1.54) is 19.8 Å². The van der Waals surface area contributed by atoms with Gasteiger partial charge in [-0.2, -0.15) is 0 Å². The van der Waals surface area contributed by atoms with Crippen molar-refractivity contribution in [1.29, 1.82) is 0 Å². The molecule has 4 heterocycles. The quantitative estimate of drug-likeness (QED) is 0.145. The van der Waals surface area contributed by atoms with E-state index in [1.54, 1.807) is 17.6 Å². The molecule has 1 atom stereocenters. The number of ether oxygens (including phenoxy) is 1. The van der Waals surface area contributed by atoms with Gasteiger partial charge in [0.25, 0.3) is 0 Å². The van der Waals surface area contributed by atoms with Crippen LogP contribution in [0.1, 0.15) is 42.0 Å². The van der Waals surface area contributed by atoms with Gasteiger partial charge in [-0.15, -0.1) is 0 Å². The molecule has 214 valence electrons. The number of benzene rings is 1. The van der Waals surface area contributed by atoms with Gasteiger partial charge in [0.05, 0.1) is 0 Å². The molecule has 1 aromatic carbocycles. The fraction of sp³-hybridized carbons (Fsp3) is 0.483. The van der Waals surface area contributed by atoms with Crippen molar-refractivity contribution in [2.24, 2.45) is 0 Å².